The fourth-order valence-electron chi connectivity index (χ4n) is 0.409. The Morgan fingerprint density at radius 3 is 1.25 bits per heavy atom. The molecule has 0 rings (SSSR count). The second-order valence-corrected chi connectivity index (χ2v) is 5.85. The summed E-state index contributed by atoms with van der Waals surface area (Å²) in [5, 5.41) is 5.92. The molecule has 0 unspecified atom stereocenters. The van der Waals surface area contributed by atoms with E-state index in [4.69, 9.17) is 24.7 Å². The highest BCUT2D eigenvalue weighted by molar-refractivity contribution is 7.70. The molecule has 0 aromatic carbocycles. The number of aliphatic hydroxyl groups is 1. The SMILES string of the molecule is O=P(O)(O)C(CO)P(=O)(O)O.[AlH3]. The van der Waals surface area contributed by atoms with E-state index in [1.54, 1.807) is 0 Å². The van der Waals surface area contributed by atoms with Crippen LogP contribution in [0.3, 0.4) is 0 Å². The minimum Gasteiger partial charge on any atom is -0.395 e. The summed E-state index contributed by atoms with van der Waals surface area (Å²) in [5.74, 6) is 0. The maximum atomic E-state index is 10.3. The van der Waals surface area contributed by atoms with Gasteiger partial charge >= 0.3 is 15.2 Å². The molecule has 0 bridgehead atoms. The first kappa shape index (κ1) is 15.3. The van der Waals surface area contributed by atoms with E-state index >= 15 is 0 Å². The molecular formula is C2H11AlO7P2. The second kappa shape index (κ2) is 4.87. The van der Waals surface area contributed by atoms with Gasteiger partial charge in [-0.2, -0.15) is 0 Å². The second-order valence-electron chi connectivity index (χ2n) is 1.84. The van der Waals surface area contributed by atoms with Crippen molar-refractivity contribution < 1.29 is 33.8 Å². The quantitative estimate of drug-likeness (QED) is 0.269. The first-order valence-electron chi connectivity index (χ1n) is 2.41. The summed E-state index contributed by atoms with van der Waals surface area (Å²) in [4.78, 5) is 33.1. The Kier molecular flexibility index (Phi) is 6.20. The van der Waals surface area contributed by atoms with E-state index in [0.717, 1.165) is 0 Å². The molecule has 0 spiro atoms. The minimum atomic E-state index is -4.91. The Labute approximate surface area is 78.9 Å². The van der Waals surface area contributed by atoms with Crippen molar-refractivity contribution in [3.05, 3.63) is 0 Å². The van der Waals surface area contributed by atoms with Gasteiger partial charge in [0, 0.05) is 0 Å². The third kappa shape index (κ3) is 4.73. The van der Waals surface area contributed by atoms with E-state index in [1.807, 2.05) is 0 Å². The molecule has 0 saturated carbocycles. The van der Waals surface area contributed by atoms with Crippen LogP contribution in [0.2, 0.25) is 0 Å². The lowest BCUT2D eigenvalue weighted by atomic mass is 10.9. The zero-order chi connectivity index (χ0) is 9.28. The third-order valence-corrected chi connectivity index (χ3v) is 4.62. The summed E-state index contributed by atoms with van der Waals surface area (Å²) >= 11 is 0. The smallest absolute Gasteiger partial charge is 0.343 e. The molecule has 0 aliphatic rings. The average molecular weight is 236 g/mol. The van der Waals surface area contributed by atoms with Crippen LogP contribution in [-0.4, -0.2) is 54.0 Å². The molecule has 0 amide bonds. The van der Waals surface area contributed by atoms with Gasteiger partial charge in [0.1, 0.15) is 0 Å². The summed E-state index contributed by atoms with van der Waals surface area (Å²) in [5.41, 5.74) is 0. The van der Waals surface area contributed by atoms with Gasteiger partial charge in [0.05, 0.1) is 6.61 Å². The molecule has 0 saturated heterocycles. The van der Waals surface area contributed by atoms with E-state index in [1.165, 1.54) is 0 Å². The van der Waals surface area contributed by atoms with Crippen molar-refractivity contribution in [2.75, 3.05) is 6.61 Å². The van der Waals surface area contributed by atoms with Crippen LogP contribution in [-0.2, 0) is 9.13 Å². The number of hydrogen-bond acceptors (Lipinski definition) is 3. The molecule has 10 heteroatoms. The molecule has 0 aliphatic carbocycles. The minimum absolute atomic E-state index is 0. The van der Waals surface area contributed by atoms with Crippen molar-refractivity contribution in [1.29, 1.82) is 0 Å². The van der Waals surface area contributed by atoms with Crippen LogP contribution in [0, 0.1) is 0 Å². The van der Waals surface area contributed by atoms with Gasteiger partial charge in [-0.1, -0.05) is 0 Å². The fraction of sp³-hybridized carbons (Fsp3) is 1.00. The van der Waals surface area contributed by atoms with E-state index < -0.39 is 27.2 Å². The lowest BCUT2D eigenvalue weighted by Gasteiger charge is -2.16. The first-order valence-corrected chi connectivity index (χ1v) is 5.77. The van der Waals surface area contributed by atoms with Gasteiger partial charge in [-0.3, -0.25) is 9.13 Å². The summed E-state index contributed by atoms with van der Waals surface area (Å²) in [6.45, 7) is -1.24. The molecule has 0 radical (unpaired) electrons. The molecule has 12 heavy (non-hydrogen) atoms. The topological polar surface area (TPSA) is 135 Å². The van der Waals surface area contributed by atoms with Crippen molar-refractivity contribution in [2.45, 2.75) is 5.40 Å². The molecule has 0 fully saturated rings. The Morgan fingerprint density at radius 1 is 1.00 bits per heavy atom. The molecule has 0 aromatic heterocycles. The van der Waals surface area contributed by atoms with Crippen molar-refractivity contribution in [2.24, 2.45) is 0 Å². The summed E-state index contributed by atoms with van der Waals surface area (Å²) in [6.07, 6.45) is 0. The van der Waals surface area contributed by atoms with Gasteiger partial charge in [0.25, 0.3) is 0 Å². The predicted molar refractivity (Wildman–Crippen MR) is 44.9 cm³/mol. The lowest BCUT2D eigenvalue weighted by Crippen LogP contribution is -2.13. The van der Waals surface area contributed by atoms with E-state index in [-0.39, 0.29) is 17.4 Å². The van der Waals surface area contributed by atoms with Crippen LogP contribution >= 0.6 is 15.2 Å². The molecular weight excluding hydrogens is 225 g/mol. The Bertz CT molecular complexity index is 193. The van der Waals surface area contributed by atoms with Crippen LogP contribution in [0.5, 0.6) is 0 Å². The van der Waals surface area contributed by atoms with Gasteiger partial charge in [0.15, 0.2) is 22.8 Å². The summed E-state index contributed by atoms with van der Waals surface area (Å²) < 4.78 is 20.5. The van der Waals surface area contributed by atoms with Crippen molar-refractivity contribution >= 4 is 32.6 Å². The number of rotatable bonds is 3. The number of aliphatic hydroxyl groups excluding tert-OH is 1. The predicted octanol–water partition coefficient (Wildman–Crippen LogP) is -2.52. The largest absolute Gasteiger partial charge is 0.395 e. The van der Waals surface area contributed by atoms with E-state index in [0.29, 0.717) is 0 Å². The average Bonchev–Trinajstić information content (AvgIpc) is 1.56. The molecule has 0 atom stereocenters. The molecule has 0 aromatic rings. The zero-order valence-corrected chi connectivity index (χ0v) is 7.02. The standard InChI is InChI=1S/C2H8O7P2.Al.3H/c3-1-2(10(4,5)6)11(7,8)9;;;;/h2-3H,1H2,(H2,4,5,6)(H2,7,8,9);;;;. The Balaban J connectivity index is 0. The van der Waals surface area contributed by atoms with E-state index in [2.05, 4.69) is 0 Å². The van der Waals surface area contributed by atoms with Gasteiger partial charge in [-0.25, -0.2) is 0 Å². The maximum absolute atomic E-state index is 10.3. The lowest BCUT2D eigenvalue weighted by molar-refractivity contribution is 0.266. The molecule has 0 heterocycles. The van der Waals surface area contributed by atoms with E-state index in [9.17, 15) is 9.13 Å². The normalized spacial score (nSPS) is 12.8. The number of hydrogen-bond donors (Lipinski definition) is 5. The van der Waals surface area contributed by atoms with Gasteiger partial charge in [-0.15, -0.1) is 0 Å². The highest BCUT2D eigenvalue weighted by atomic mass is 31.2. The highest BCUT2D eigenvalue weighted by Gasteiger charge is 2.42. The van der Waals surface area contributed by atoms with Crippen molar-refractivity contribution in [1.82, 2.24) is 0 Å². The van der Waals surface area contributed by atoms with Crippen LogP contribution in [0.15, 0.2) is 0 Å². The van der Waals surface area contributed by atoms with Gasteiger partial charge in [0.2, 0.25) is 0 Å². The van der Waals surface area contributed by atoms with Crippen LogP contribution in [0.1, 0.15) is 0 Å². The van der Waals surface area contributed by atoms with Crippen LogP contribution in [0.25, 0.3) is 0 Å². The van der Waals surface area contributed by atoms with Crippen LogP contribution < -0.4 is 0 Å². The molecule has 0 aliphatic heterocycles. The first-order chi connectivity index (χ1) is 4.69. The van der Waals surface area contributed by atoms with Gasteiger partial charge in [-0.05, 0) is 0 Å². The fourth-order valence-corrected chi connectivity index (χ4v) is 2.40. The highest BCUT2D eigenvalue weighted by Crippen LogP contribution is 2.59. The summed E-state index contributed by atoms with van der Waals surface area (Å²) in [7, 11) is -9.82. The van der Waals surface area contributed by atoms with Crippen molar-refractivity contribution in [3.63, 3.8) is 0 Å². The van der Waals surface area contributed by atoms with Crippen molar-refractivity contribution in [3.8, 4) is 0 Å². The van der Waals surface area contributed by atoms with Gasteiger partial charge < -0.3 is 24.7 Å². The molecule has 74 valence electrons. The zero-order valence-electron chi connectivity index (χ0n) is 5.23. The summed E-state index contributed by atoms with van der Waals surface area (Å²) in [6, 6.07) is 0. The maximum Gasteiger partial charge on any atom is 0.343 e. The van der Waals surface area contributed by atoms with Crippen LogP contribution in [0.4, 0.5) is 0 Å². The molecule has 5 N–H and O–H groups in total. The molecule has 7 nitrogen and oxygen atoms in total. The third-order valence-electron chi connectivity index (χ3n) is 0.940. The Morgan fingerprint density at radius 2 is 1.25 bits per heavy atom. The monoisotopic (exact) mass is 236 g/mol. The Hall–Kier alpha value is 0.792.